The number of carbonyl (C=O) groups excluding carboxylic acids is 1. The van der Waals surface area contributed by atoms with Gasteiger partial charge in [-0.15, -0.1) is 8.78 Å². The summed E-state index contributed by atoms with van der Waals surface area (Å²) in [5, 5.41) is 19.7. The van der Waals surface area contributed by atoms with E-state index >= 15 is 0 Å². The maximum Gasteiger partial charge on any atom is 0.487 e. The summed E-state index contributed by atoms with van der Waals surface area (Å²) in [6, 6.07) is 8.69. The molecule has 174 valence electrons. The summed E-state index contributed by atoms with van der Waals surface area (Å²) in [4.78, 5) is 19.3. The Morgan fingerprint density at radius 1 is 1.36 bits per heavy atom. The van der Waals surface area contributed by atoms with Crippen LogP contribution in [-0.4, -0.2) is 51.0 Å². The first-order valence-corrected chi connectivity index (χ1v) is 10.4. The number of aliphatic hydroxyl groups excluding tert-OH is 1. The third kappa shape index (κ3) is 5.32. The standard InChI is InChI=1S/C21H21ClF2N6O3/c1-11-8-17(29-28-11)15-9-16(18(25)27-19(15)30-7-6-13(31)10-30)20(32)26-12-2-4-14(5-3-12)33-21(22,23)24/h2-5,8-9,13,31H,6-7,10H2,1H3,(H2,25,27)(H,26,32)(H,28,29)/t13-/m1/s1. The molecule has 1 aromatic carbocycles. The van der Waals surface area contributed by atoms with E-state index in [9.17, 15) is 18.7 Å². The number of halogens is 3. The third-order valence-corrected chi connectivity index (χ3v) is 5.16. The number of aliphatic hydroxyl groups is 1. The monoisotopic (exact) mass is 478 g/mol. The number of alkyl halides is 3. The van der Waals surface area contributed by atoms with E-state index in [1.165, 1.54) is 24.3 Å². The third-order valence-electron chi connectivity index (χ3n) is 5.08. The van der Waals surface area contributed by atoms with E-state index in [1.807, 2.05) is 17.9 Å². The molecule has 0 aliphatic carbocycles. The highest BCUT2D eigenvalue weighted by Gasteiger charge is 2.28. The smallest absolute Gasteiger partial charge is 0.420 e. The van der Waals surface area contributed by atoms with Gasteiger partial charge in [-0.05, 0) is 49.7 Å². The second kappa shape index (κ2) is 8.83. The van der Waals surface area contributed by atoms with Crippen LogP contribution in [0, 0.1) is 6.92 Å². The van der Waals surface area contributed by atoms with E-state index in [0.29, 0.717) is 42.3 Å². The molecule has 9 nitrogen and oxygen atoms in total. The molecule has 1 saturated heterocycles. The first kappa shape index (κ1) is 22.7. The van der Waals surface area contributed by atoms with Crippen LogP contribution in [0.5, 0.6) is 5.75 Å². The van der Waals surface area contributed by atoms with Crippen molar-refractivity contribution in [2.24, 2.45) is 0 Å². The fourth-order valence-electron chi connectivity index (χ4n) is 3.57. The molecule has 5 N–H and O–H groups in total. The molecule has 0 unspecified atom stereocenters. The van der Waals surface area contributed by atoms with Gasteiger partial charge in [0.15, 0.2) is 0 Å². The molecule has 0 spiro atoms. The van der Waals surface area contributed by atoms with Crippen LogP contribution >= 0.6 is 11.6 Å². The molecule has 3 aromatic rings. The van der Waals surface area contributed by atoms with Crippen LogP contribution in [0.1, 0.15) is 22.5 Å². The van der Waals surface area contributed by atoms with Crippen molar-refractivity contribution < 1.29 is 23.4 Å². The molecule has 0 bridgehead atoms. The Kier molecular flexibility index (Phi) is 6.09. The molecule has 3 heterocycles. The van der Waals surface area contributed by atoms with Gasteiger partial charge in [-0.1, -0.05) is 0 Å². The number of benzene rings is 1. The van der Waals surface area contributed by atoms with E-state index in [1.54, 1.807) is 6.07 Å². The molecule has 0 saturated carbocycles. The number of nitrogens with one attached hydrogen (secondary N) is 2. The molecule has 1 fully saturated rings. The van der Waals surface area contributed by atoms with E-state index in [0.717, 1.165) is 5.69 Å². The quantitative estimate of drug-likeness (QED) is 0.400. The molecule has 33 heavy (non-hydrogen) atoms. The highest BCUT2D eigenvalue weighted by molar-refractivity contribution is 6.20. The predicted octanol–water partition coefficient (Wildman–Crippen LogP) is 3.35. The number of nitrogens with zero attached hydrogens (tertiary/aromatic N) is 3. The number of β-amino-alcohol motifs (C(OH)–C–C–N with tert-alkyl or cyclic N) is 1. The van der Waals surface area contributed by atoms with Gasteiger partial charge in [0.05, 0.1) is 23.1 Å². The molecule has 1 atom stereocenters. The second-order valence-corrected chi connectivity index (χ2v) is 8.07. The largest absolute Gasteiger partial charge is 0.487 e. The van der Waals surface area contributed by atoms with Crippen LogP contribution in [0.3, 0.4) is 0 Å². The number of nitrogen functional groups attached to an aromatic ring is 1. The number of anilines is 3. The normalized spacial score (nSPS) is 16.2. The number of hydrogen-bond donors (Lipinski definition) is 4. The number of aromatic nitrogens is 3. The van der Waals surface area contributed by atoms with E-state index in [-0.39, 0.29) is 17.1 Å². The average molecular weight is 479 g/mol. The van der Waals surface area contributed by atoms with Crippen molar-refractivity contribution in [2.45, 2.75) is 25.0 Å². The summed E-state index contributed by atoms with van der Waals surface area (Å²) in [5.41, 5.74) is 4.74. The lowest BCUT2D eigenvalue weighted by Crippen LogP contribution is -2.24. The summed E-state index contributed by atoms with van der Waals surface area (Å²) in [6.45, 7) is 2.81. The maximum absolute atomic E-state index is 12.9. The fourth-order valence-corrected chi connectivity index (χ4v) is 3.66. The van der Waals surface area contributed by atoms with Crippen LogP contribution in [0.25, 0.3) is 11.3 Å². The fraction of sp³-hybridized carbons (Fsp3) is 0.286. The number of amides is 1. The van der Waals surface area contributed by atoms with Gasteiger partial charge in [0.1, 0.15) is 17.4 Å². The molecular weight excluding hydrogens is 458 g/mol. The molecular formula is C21H21ClF2N6O3. The lowest BCUT2D eigenvalue weighted by Gasteiger charge is -2.21. The number of aromatic amines is 1. The maximum atomic E-state index is 12.9. The number of rotatable bonds is 6. The van der Waals surface area contributed by atoms with Gasteiger partial charge in [-0.3, -0.25) is 9.89 Å². The van der Waals surface area contributed by atoms with Crippen molar-refractivity contribution in [3.05, 3.63) is 47.7 Å². The number of carbonyl (C=O) groups is 1. The summed E-state index contributed by atoms with van der Waals surface area (Å²) in [6.07, 6.45) is 0.124. The predicted molar refractivity (Wildman–Crippen MR) is 120 cm³/mol. The Bertz CT molecular complexity index is 1170. The Balaban J connectivity index is 1.62. The van der Waals surface area contributed by atoms with Gasteiger partial charge in [-0.25, -0.2) is 4.98 Å². The minimum absolute atomic E-state index is 0.00520. The number of pyridine rings is 1. The van der Waals surface area contributed by atoms with Gasteiger partial charge < -0.3 is 25.8 Å². The second-order valence-electron chi connectivity index (χ2n) is 7.63. The topological polar surface area (TPSA) is 129 Å². The molecule has 12 heteroatoms. The highest BCUT2D eigenvalue weighted by Crippen LogP contribution is 2.34. The van der Waals surface area contributed by atoms with Crippen molar-refractivity contribution in [2.75, 3.05) is 29.0 Å². The van der Waals surface area contributed by atoms with Gasteiger partial charge in [0.25, 0.3) is 5.91 Å². The van der Waals surface area contributed by atoms with Gasteiger partial charge in [0, 0.05) is 35.9 Å². The van der Waals surface area contributed by atoms with Crippen molar-refractivity contribution in [1.29, 1.82) is 0 Å². The first-order valence-electron chi connectivity index (χ1n) is 10.0. The van der Waals surface area contributed by atoms with Crippen LogP contribution < -0.4 is 20.7 Å². The van der Waals surface area contributed by atoms with Crippen LogP contribution in [0.2, 0.25) is 0 Å². The summed E-state index contributed by atoms with van der Waals surface area (Å²) in [5.74, 6) is -0.163. The Morgan fingerprint density at radius 2 is 2.09 bits per heavy atom. The molecule has 1 amide bonds. The lowest BCUT2D eigenvalue weighted by atomic mass is 10.1. The van der Waals surface area contributed by atoms with Gasteiger partial charge in [-0.2, -0.15) is 5.10 Å². The number of nitrogens with two attached hydrogens (primary N) is 1. The zero-order chi connectivity index (χ0) is 23.8. The molecule has 1 aliphatic rings. The molecule has 0 radical (unpaired) electrons. The van der Waals surface area contributed by atoms with Crippen molar-refractivity contribution in [1.82, 2.24) is 15.2 Å². The van der Waals surface area contributed by atoms with Crippen LogP contribution in [0.15, 0.2) is 36.4 Å². The zero-order valence-electron chi connectivity index (χ0n) is 17.5. The summed E-state index contributed by atoms with van der Waals surface area (Å²) < 4.78 is 29.8. The number of hydrogen-bond acceptors (Lipinski definition) is 7. The lowest BCUT2D eigenvalue weighted by molar-refractivity contribution is -0.0964. The number of ether oxygens (including phenoxy) is 1. The minimum atomic E-state index is -3.83. The summed E-state index contributed by atoms with van der Waals surface area (Å²) >= 11 is 4.75. The summed E-state index contributed by atoms with van der Waals surface area (Å²) in [7, 11) is 0. The molecule has 1 aliphatic heterocycles. The molecule has 4 rings (SSSR count). The van der Waals surface area contributed by atoms with Crippen molar-refractivity contribution in [3.63, 3.8) is 0 Å². The van der Waals surface area contributed by atoms with Crippen molar-refractivity contribution >= 4 is 34.8 Å². The van der Waals surface area contributed by atoms with E-state index < -0.39 is 17.6 Å². The average Bonchev–Trinajstić information content (AvgIpc) is 3.36. The van der Waals surface area contributed by atoms with Gasteiger partial charge in [0.2, 0.25) is 0 Å². The van der Waals surface area contributed by atoms with E-state index in [2.05, 4.69) is 25.2 Å². The van der Waals surface area contributed by atoms with Gasteiger partial charge >= 0.3 is 5.57 Å². The number of H-pyrrole nitrogens is 1. The first-order chi connectivity index (χ1) is 15.6. The van der Waals surface area contributed by atoms with Crippen LogP contribution in [0.4, 0.5) is 26.1 Å². The number of aryl methyl sites for hydroxylation is 1. The van der Waals surface area contributed by atoms with Crippen molar-refractivity contribution in [3.8, 4) is 17.0 Å². The zero-order valence-corrected chi connectivity index (χ0v) is 18.2. The Hall–Kier alpha value is -3.44. The Morgan fingerprint density at radius 3 is 2.67 bits per heavy atom. The highest BCUT2D eigenvalue weighted by atomic mass is 35.5. The minimum Gasteiger partial charge on any atom is -0.420 e. The SMILES string of the molecule is Cc1cc(-c2cc(C(=O)Nc3ccc(OC(F)(F)Cl)cc3)c(N)nc2N2CC[C@@H](O)C2)[nH]n1. The Labute approximate surface area is 192 Å². The van der Waals surface area contributed by atoms with E-state index in [4.69, 9.17) is 17.3 Å². The molecule has 2 aromatic heterocycles. The van der Waals surface area contributed by atoms with Crippen LogP contribution in [-0.2, 0) is 0 Å².